The van der Waals surface area contributed by atoms with Crippen molar-refractivity contribution < 1.29 is 32.3 Å². The Morgan fingerprint density at radius 2 is 1.85 bits per heavy atom. The SMILES string of the molecule is C[C@@H]1CN(C[C@@H]2COc3cc(S(=O)(=O)NC(=O)c4ccc(N5CCN(CC6=C(c7ccc(Cl)cc7)CC(C)(C)CC6)CC5)cc4Oc4cnc5[nH]ccc5c4)cc([N+](=O)[O-])c3C2)CCO1. The third-order valence-corrected chi connectivity index (χ3v) is 14.6. The first kappa shape index (κ1) is 44.7. The number of sulfonamides is 1. The van der Waals surface area contributed by atoms with Gasteiger partial charge in [0.25, 0.3) is 21.6 Å². The van der Waals surface area contributed by atoms with Crippen molar-refractivity contribution in [3.8, 4) is 17.2 Å². The summed E-state index contributed by atoms with van der Waals surface area (Å²) in [5, 5.41) is 13.9. The van der Waals surface area contributed by atoms with Crippen molar-refractivity contribution >= 4 is 55.5 Å². The zero-order valence-corrected chi connectivity index (χ0v) is 38.4. The fourth-order valence-electron chi connectivity index (χ4n) is 9.57. The number of benzene rings is 3. The molecule has 2 atom stereocenters. The number of rotatable bonds is 12. The molecule has 1 aliphatic carbocycles. The molecule has 2 fully saturated rings. The number of pyridine rings is 1. The summed E-state index contributed by atoms with van der Waals surface area (Å²) in [5.74, 6) is -0.416. The van der Waals surface area contributed by atoms with Crippen LogP contribution in [0.3, 0.4) is 0 Å². The third-order valence-electron chi connectivity index (χ3n) is 13.0. The first-order chi connectivity index (χ1) is 31.2. The Bertz CT molecular complexity index is 2750. The number of carbonyl (C=O) groups excluding carboxylic acids is 1. The molecule has 0 bridgehead atoms. The molecule has 5 aromatic rings. The lowest BCUT2D eigenvalue weighted by Gasteiger charge is -2.39. The van der Waals surface area contributed by atoms with Gasteiger partial charge < -0.3 is 24.1 Å². The molecule has 2 aromatic heterocycles. The van der Waals surface area contributed by atoms with E-state index >= 15 is 0 Å². The van der Waals surface area contributed by atoms with Gasteiger partial charge in [-0.1, -0.05) is 43.2 Å². The first-order valence-electron chi connectivity index (χ1n) is 22.2. The first-order valence-corrected chi connectivity index (χ1v) is 24.1. The van der Waals surface area contributed by atoms with Crippen molar-refractivity contribution in [2.24, 2.45) is 11.3 Å². The molecule has 15 nitrogen and oxygen atoms in total. The molecule has 0 saturated carbocycles. The van der Waals surface area contributed by atoms with E-state index in [1.54, 1.807) is 30.5 Å². The highest BCUT2D eigenvalue weighted by molar-refractivity contribution is 7.90. The molecule has 3 aromatic carbocycles. The lowest BCUT2D eigenvalue weighted by molar-refractivity contribution is -0.386. The number of ether oxygens (including phenoxy) is 3. The molecule has 342 valence electrons. The topological polar surface area (TPSA) is 172 Å². The van der Waals surface area contributed by atoms with Crippen LogP contribution in [0, 0.1) is 21.4 Å². The second kappa shape index (κ2) is 18.4. The second-order valence-corrected chi connectivity index (χ2v) is 20.6. The van der Waals surface area contributed by atoms with Crippen LogP contribution in [0.2, 0.25) is 5.02 Å². The number of nitrogens with zero attached hydrogens (tertiary/aromatic N) is 5. The van der Waals surface area contributed by atoms with Gasteiger partial charge in [-0.2, -0.15) is 0 Å². The fourth-order valence-corrected chi connectivity index (χ4v) is 10.7. The van der Waals surface area contributed by atoms with Crippen molar-refractivity contribution in [1.82, 2.24) is 24.5 Å². The van der Waals surface area contributed by atoms with Crippen molar-refractivity contribution in [1.29, 1.82) is 0 Å². The van der Waals surface area contributed by atoms with Gasteiger partial charge in [0.05, 0.1) is 46.5 Å². The van der Waals surface area contributed by atoms with Crippen LogP contribution in [0.5, 0.6) is 17.2 Å². The number of hydrogen-bond acceptors (Lipinski definition) is 12. The number of nitrogens with one attached hydrogen (secondary N) is 2. The minimum Gasteiger partial charge on any atom is -0.493 e. The number of halogens is 1. The molecule has 1 amide bonds. The summed E-state index contributed by atoms with van der Waals surface area (Å²) in [6, 6.07) is 19.1. The smallest absolute Gasteiger partial charge is 0.277 e. The summed E-state index contributed by atoms with van der Waals surface area (Å²) in [4.78, 5) is 39.9. The molecule has 0 spiro atoms. The van der Waals surface area contributed by atoms with Crippen molar-refractivity contribution in [3.63, 3.8) is 0 Å². The lowest BCUT2D eigenvalue weighted by Crippen LogP contribution is -2.47. The number of aromatic nitrogens is 2. The van der Waals surface area contributed by atoms with Crippen molar-refractivity contribution in [2.75, 3.05) is 70.5 Å². The number of nitro groups is 1. The highest BCUT2D eigenvalue weighted by Crippen LogP contribution is 2.44. The Labute approximate surface area is 383 Å². The number of aromatic amines is 1. The summed E-state index contributed by atoms with van der Waals surface area (Å²) in [6.45, 7) is 13.7. The van der Waals surface area contributed by atoms with Gasteiger partial charge in [-0.3, -0.25) is 24.7 Å². The van der Waals surface area contributed by atoms with E-state index in [1.165, 1.54) is 29.0 Å². The van der Waals surface area contributed by atoms with E-state index in [1.807, 2.05) is 25.1 Å². The van der Waals surface area contributed by atoms with Gasteiger partial charge >= 0.3 is 0 Å². The summed E-state index contributed by atoms with van der Waals surface area (Å²) in [5.41, 5.74) is 5.70. The number of carbonyl (C=O) groups is 1. The molecule has 5 heterocycles. The molecule has 0 unspecified atom stereocenters. The average molecular weight is 925 g/mol. The number of H-pyrrole nitrogens is 1. The summed E-state index contributed by atoms with van der Waals surface area (Å²) < 4.78 is 48.1. The molecule has 3 aliphatic heterocycles. The second-order valence-electron chi connectivity index (χ2n) is 18.5. The van der Waals surface area contributed by atoms with E-state index in [4.69, 9.17) is 25.8 Å². The van der Waals surface area contributed by atoms with Gasteiger partial charge in [0.1, 0.15) is 22.9 Å². The predicted molar refractivity (Wildman–Crippen MR) is 250 cm³/mol. The van der Waals surface area contributed by atoms with Gasteiger partial charge in [-0.15, -0.1) is 0 Å². The summed E-state index contributed by atoms with van der Waals surface area (Å²) >= 11 is 6.25. The zero-order valence-electron chi connectivity index (χ0n) is 36.8. The Kier molecular flexibility index (Phi) is 12.6. The van der Waals surface area contributed by atoms with Gasteiger partial charge in [0.15, 0.2) is 0 Å². The van der Waals surface area contributed by atoms with E-state index in [-0.39, 0.29) is 46.8 Å². The molecule has 65 heavy (non-hydrogen) atoms. The van der Waals surface area contributed by atoms with E-state index in [0.717, 1.165) is 87.2 Å². The Morgan fingerprint density at radius 1 is 1.05 bits per heavy atom. The Hall–Kier alpha value is -5.52. The van der Waals surface area contributed by atoms with Crippen LogP contribution in [0.1, 0.15) is 61.5 Å². The van der Waals surface area contributed by atoms with E-state index in [0.29, 0.717) is 36.5 Å². The van der Waals surface area contributed by atoms with E-state index in [9.17, 15) is 23.3 Å². The van der Waals surface area contributed by atoms with Crippen LogP contribution in [0.4, 0.5) is 11.4 Å². The van der Waals surface area contributed by atoms with Crippen LogP contribution in [-0.2, 0) is 21.2 Å². The van der Waals surface area contributed by atoms with Gasteiger partial charge in [0.2, 0.25) is 0 Å². The third kappa shape index (κ3) is 10.2. The molecule has 4 aliphatic rings. The maximum Gasteiger partial charge on any atom is 0.277 e. The number of morpholine rings is 1. The molecule has 2 saturated heterocycles. The normalized spacial score (nSPS) is 20.6. The fraction of sp³-hybridized carbons (Fsp3) is 0.417. The number of allylic oxidation sites excluding steroid dienone is 1. The maximum atomic E-state index is 14.1. The Morgan fingerprint density at radius 3 is 2.62 bits per heavy atom. The minimum atomic E-state index is -4.63. The van der Waals surface area contributed by atoms with Gasteiger partial charge in [0, 0.05) is 98.8 Å². The maximum absolute atomic E-state index is 14.1. The number of anilines is 1. The van der Waals surface area contributed by atoms with Gasteiger partial charge in [-0.05, 0) is 85.6 Å². The largest absolute Gasteiger partial charge is 0.493 e. The molecule has 0 radical (unpaired) electrons. The number of nitro benzene ring substituents is 1. The number of hydrogen-bond donors (Lipinski definition) is 2. The highest BCUT2D eigenvalue weighted by Gasteiger charge is 2.34. The van der Waals surface area contributed by atoms with Gasteiger partial charge in [-0.25, -0.2) is 18.1 Å². The zero-order chi connectivity index (χ0) is 45.5. The van der Waals surface area contributed by atoms with Crippen LogP contribution >= 0.6 is 11.6 Å². The van der Waals surface area contributed by atoms with E-state index < -0.39 is 25.7 Å². The molecule has 17 heteroatoms. The standard InChI is InChI=1S/C48H54ClN7O8S/c1-31-27-54(18-19-62-31)28-32-20-41-43(56(58)59)23-39(24-44(41)63-30-32)65(60,61)52-47(57)40-9-8-37(22-45(40)64-38-21-34-11-13-50-46(34)51-26-38)55-16-14-53(15-17-55)29-35-10-12-48(2,3)25-42(35)33-4-6-36(49)7-5-33/h4-9,11,13,21-24,26,31-32H,10,12,14-20,25,27-30H2,1-3H3,(H,50,51)(H,52,57)/t31-,32-/m1/s1. The minimum absolute atomic E-state index is 0.0342. The molecule has 2 N–H and O–H groups in total. The quantitative estimate of drug-likeness (QED) is 0.0912. The number of amides is 1. The molecule has 9 rings (SSSR count). The lowest BCUT2D eigenvalue weighted by atomic mass is 9.72. The summed E-state index contributed by atoms with van der Waals surface area (Å²) in [7, 11) is -4.63. The molecular weight excluding hydrogens is 870 g/mol. The Balaban J connectivity index is 0.935. The number of fused-ring (bicyclic) bond motifs is 2. The van der Waals surface area contributed by atoms with Crippen LogP contribution in [0.15, 0.2) is 89.6 Å². The summed E-state index contributed by atoms with van der Waals surface area (Å²) in [6.07, 6.45) is 6.91. The predicted octanol–water partition coefficient (Wildman–Crippen LogP) is 8.09. The molecular formula is C48H54ClN7O8S. The van der Waals surface area contributed by atoms with Crippen LogP contribution in [-0.4, -0.2) is 111 Å². The van der Waals surface area contributed by atoms with Crippen LogP contribution in [0.25, 0.3) is 16.6 Å². The number of piperazine rings is 1. The van der Waals surface area contributed by atoms with E-state index in [2.05, 4.69) is 55.4 Å². The van der Waals surface area contributed by atoms with Crippen LogP contribution < -0.4 is 19.1 Å². The average Bonchev–Trinajstić information content (AvgIpc) is 3.75. The van der Waals surface area contributed by atoms with Crippen molar-refractivity contribution in [3.05, 3.63) is 117 Å². The monoisotopic (exact) mass is 923 g/mol. The van der Waals surface area contributed by atoms with Crippen molar-refractivity contribution in [2.45, 2.75) is 57.5 Å². The highest BCUT2D eigenvalue weighted by atomic mass is 35.5.